The number of aliphatic hydroxyl groups excluding tert-OH is 1. The Hall–Kier alpha value is -5.41. The molecule has 5 rings (SSSR count). The van der Waals surface area contributed by atoms with Crippen LogP contribution in [-0.2, 0) is 25.7 Å². The lowest BCUT2D eigenvalue weighted by Crippen LogP contribution is -2.54. The fourth-order valence-corrected chi connectivity index (χ4v) is 4.47. The van der Waals surface area contributed by atoms with E-state index in [4.69, 9.17) is 9.47 Å². The largest absolute Gasteiger partial charge is 0.479 e. The number of alkyl carbamates (subject to hydrolysis) is 1. The molecule has 2 aromatic heterocycles. The van der Waals surface area contributed by atoms with Crippen LogP contribution in [0.2, 0.25) is 0 Å². The Labute approximate surface area is 243 Å². The maximum Gasteiger partial charge on any atom is 0.408 e. The number of carboxylic acids is 1. The molecule has 4 aromatic rings. The van der Waals surface area contributed by atoms with Crippen molar-refractivity contribution in [3.05, 3.63) is 84.4 Å². The first-order valence-electron chi connectivity index (χ1n) is 13.1. The van der Waals surface area contributed by atoms with Crippen LogP contribution in [0.3, 0.4) is 0 Å². The topological polar surface area (TPSA) is 207 Å². The molecule has 222 valence electrons. The standard InChI is InChI=1S/C28H27N7O8/c1-15(32-28(41)42-12-16-8-4-2-5-9-16)24(37)33-18-20(36)26(43-21(18)27(39)40)35-14-31-19-22(29-13-30-23(19)35)34-25(38)17-10-6-3-7-11-17/h2-11,13-15,18,20-21,26,36H,12H2,1H3,(H,32,41)(H,33,37)(H,39,40)(H,29,30,34,38)/t15-,18-,20+,21-,26+/m0/s1. The van der Waals surface area contributed by atoms with E-state index in [1.54, 1.807) is 54.6 Å². The summed E-state index contributed by atoms with van der Waals surface area (Å²) in [6, 6.07) is 14.8. The SMILES string of the molecule is C[C@H](NC(=O)OCc1ccccc1)C(=O)N[C@H]1[C@@H](O)[C@H](n2cnc3c(NC(=O)c4ccccc4)ncnc32)O[C@@H]1C(=O)O. The van der Waals surface area contributed by atoms with E-state index in [2.05, 4.69) is 30.9 Å². The number of carbonyl (C=O) groups is 4. The van der Waals surface area contributed by atoms with Gasteiger partial charge in [-0.1, -0.05) is 48.5 Å². The van der Waals surface area contributed by atoms with E-state index in [0.29, 0.717) is 5.56 Å². The van der Waals surface area contributed by atoms with Gasteiger partial charge in [-0.25, -0.2) is 24.5 Å². The molecule has 0 spiro atoms. The summed E-state index contributed by atoms with van der Waals surface area (Å²) in [6.45, 7) is 1.36. The molecular weight excluding hydrogens is 562 g/mol. The van der Waals surface area contributed by atoms with Gasteiger partial charge in [0.1, 0.15) is 25.1 Å². The first-order chi connectivity index (χ1) is 20.7. The summed E-state index contributed by atoms with van der Waals surface area (Å²) in [5, 5.41) is 28.4. The van der Waals surface area contributed by atoms with Gasteiger partial charge in [-0.2, -0.15) is 0 Å². The maximum atomic E-state index is 12.9. The zero-order valence-corrected chi connectivity index (χ0v) is 22.7. The van der Waals surface area contributed by atoms with Crippen molar-refractivity contribution in [2.45, 2.75) is 44.1 Å². The number of aromatic nitrogens is 4. The molecule has 15 heteroatoms. The minimum absolute atomic E-state index is 0.0149. The Balaban J connectivity index is 1.27. The van der Waals surface area contributed by atoms with Crippen molar-refractivity contribution in [3.63, 3.8) is 0 Å². The molecule has 15 nitrogen and oxygen atoms in total. The Morgan fingerprint density at radius 1 is 1.02 bits per heavy atom. The van der Waals surface area contributed by atoms with Crippen LogP contribution in [-0.4, -0.2) is 77.9 Å². The molecule has 0 bridgehead atoms. The number of aliphatic hydroxyl groups is 1. The quantitative estimate of drug-likeness (QED) is 0.188. The lowest BCUT2D eigenvalue weighted by atomic mass is 10.1. The number of fused-ring (bicyclic) bond motifs is 1. The van der Waals surface area contributed by atoms with E-state index in [0.717, 1.165) is 5.56 Å². The highest BCUT2D eigenvalue weighted by Gasteiger charge is 2.50. The molecule has 3 amide bonds. The van der Waals surface area contributed by atoms with Gasteiger partial charge in [0.15, 0.2) is 29.3 Å². The van der Waals surface area contributed by atoms with Gasteiger partial charge in [0.25, 0.3) is 5.91 Å². The Morgan fingerprint density at radius 3 is 2.42 bits per heavy atom. The molecule has 5 atom stereocenters. The summed E-state index contributed by atoms with van der Waals surface area (Å²) < 4.78 is 12.0. The smallest absolute Gasteiger partial charge is 0.408 e. The van der Waals surface area contributed by atoms with Crippen molar-refractivity contribution in [1.82, 2.24) is 30.2 Å². The molecule has 1 saturated heterocycles. The summed E-state index contributed by atoms with van der Waals surface area (Å²) in [4.78, 5) is 62.2. The Kier molecular flexibility index (Phi) is 8.54. The summed E-state index contributed by atoms with van der Waals surface area (Å²) in [6.07, 6.45) is -3.00. The molecule has 2 aromatic carbocycles. The van der Waals surface area contributed by atoms with Crippen LogP contribution >= 0.6 is 0 Å². The molecule has 1 aliphatic rings. The normalized spacial score (nSPS) is 20.2. The van der Waals surface area contributed by atoms with E-state index in [9.17, 15) is 29.4 Å². The number of rotatable bonds is 9. The van der Waals surface area contributed by atoms with Crippen LogP contribution < -0.4 is 16.0 Å². The average Bonchev–Trinajstić information content (AvgIpc) is 3.58. The molecule has 5 N–H and O–H groups in total. The van der Waals surface area contributed by atoms with Gasteiger partial charge < -0.3 is 35.6 Å². The summed E-state index contributed by atoms with van der Waals surface area (Å²) in [5.41, 5.74) is 1.43. The van der Waals surface area contributed by atoms with Gasteiger partial charge >= 0.3 is 12.1 Å². The minimum Gasteiger partial charge on any atom is -0.479 e. The zero-order chi connectivity index (χ0) is 30.5. The van der Waals surface area contributed by atoms with Gasteiger partial charge in [0, 0.05) is 5.56 Å². The highest BCUT2D eigenvalue weighted by molar-refractivity contribution is 6.06. The van der Waals surface area contributed by atoms with E-state index in [1.165, 1.54) is 24.1 Å². The van der Waals surface area contributed by atoms with Gasteiger partial charge in [-0.15, -0.1) is 0 Å². The number of ether oxygens (including phenoxy) is 2. The van der Waals surface area contributed by atoms with Crippen LogP contribution in [0.25, 0.3) is 11.2 Å². The Morgan fingerprint density at radius 2 is 1.72 bits per heavy atom. The van der Waals surface area contributed by atoms with Crippen LogP contribution in [0.15, 0.2) is 73.3 Å². The van der Waals surface area contributed by atoms with Gasteiger partial charge in [-0.3, -0.25) is 14.2 Å². The number of amides is 3. The van der Waals surface area contributed by atoms with Gasteiger partial charge in [0.2, 0.25) is 5.91 Å². The number of nitrogens with one attached hydrogen (secondary N) is 3. The Bertz CT molecular complexity index is 1630. The first kappa shape index (κ1) is 29.1. The van der Waals surface area contributed by atoms with Crippen molar-refractivity contribution in [3.8, 4) is 0 Å². The molecule has 3 heterocycles. The fraction of sp³-hybridized carbons (Fsp3) is 0.250. The maximum absolute atomic E-state index is 12.9. The minimum atomic E-state index is -1.65. The highest BCUT2D eigenvalue weighted by Crippen LogP contribution is 2.32. The number of imidazole rings is 1. The number of nitrogens with zero attached hydrogens (tertiary/aromatic N) is 4. The molecule has 0 aliphatic carbocycles. The van der Waals surface area contributed by atoms with E-state index >= 15 is 0 Å². The van der Waals surface area contributed by atoms with Crippen LogP contribution in [0, 0.1) is 0 Å². The van der Waals surface area contributed by atoms with Gasteiger partial charge in [0.05, 0.1) is 12.4 Å². The lowest BCUT2D eigenvalue weighted by Gasteiger charge is -2.22. The molecule has 1 fully saturated rings. The van der Waals surface area contributed by atoms with Gasteiger partial charge in [-0.05, 0) is 24.6 Å². The second kappa shape index (κ2) is 12.6. The number of carboxylic acid groups (broad SMARTS) is 1. The van der Waals surface area contributed by atoms with Crippen LogP contribution in [0.5, 0.6) is 0 Å². The number of aliphatic carboxylic acids is 1. The fourth-order valence-electron chi connectivity index (χ4n) is 4.47. The van der Waals surface area contributed by atoms with E-state index in [-0.39, 0.29) is 23.6 Å². The highest BCUT2D eigenvalue weighted by atomic mass is 16.6. The number of hydrogen-bond acceptors (Lipinski definition) is 10. The summed E-state index contributed by atoms with van der Waals surface area (Å²) in [5.74, 6) is -2.57. The number of benzene rings is 2. The van der Waals surface area contributed by atoms with Crippen molar-refractivity contribution in [2.24, 2.45) is 0 Å². The summed E-state index contributed by atoms with van der Waals surface area (Å²) in [7, 11) is 0. The monoisotopic (exact) mass is 589 g/mol. The van der Waals surface area contributed by atoms with Crippen molar-refractivity contribution < 1.29 is 38.9 Å². The first-order valence-corrected chi connectivity index (χ1v) is 13.1. The predicted octanol–water partition coefficient (Wildman–Crippen LogP) is 1.22. The van der Waals surface area contributed by atoms with Crippen LogP contribution in [0.1, 0.15) is 29.1 Å². The number of hydrogen-bond donors (Lipinski definition) is 5. The third kappa shape index (κ3) is 6.42. The summed E-state index contributed by atoms with van der Waals surface area (Å²) >= 11 is 0. The molecule has 0 unspecified atom stereocenters. The van der Waals surface area contributed by atoms with Crippen molar-refractivity contribution in [2.75, 3.05) is 5.32 Å². The number of carbonyl (C=O) groups excluding carboxylic acids is 3. The molecule has 0 radical (unpaired) electrons. The third-order valence-electron chi connectivity index (χ3n) is 6.67. The van der Waals surface area contributed by atoms with Crippen molar-refractivity contribution >= 4 is 40.9 Å². The molecule has 43 heavy (non-hydrogen) atoms. The zero-order valence-electron chi connectivity index (χ0n) is 22.7. The van der Waals surface area contributed by atoms with E-state index in [1.807, 2.05) is 6.07 Å². The van der Waals surface area contributed by atoms with E-state index < -0.39 is 54.4 Å². The van der Waals surface area contributed by atoms with Crippen LogP contribution in [0.4, 0.5) is 10.6 Å². The lowest BCUT2D eigenvalue weighted by molar-refractivity contribution is -0.152. The molecule has 1 aliphatic heterocycles. The second-order valence-electron chi connectivity index (χ2n) is 9.60. The predicted molar refractivity (Wildman–Crippen MR) is 148 cm³/mol. The number of anilines is 1. The molecule has 0 saturated carbocycles. The second-order valence-corrected chi connectivity index (χ2v) is 9.60. The molecular formula is C28H27N7O8. The third-order valence-corrected chi connectivity index (χ3v) is 6.67. The average molecular weight is 590 g/mol. The van der Waals surface area contributed by atoms with Crippen molar-refractivity contribution in [1.29, 1.82) is 0 Å².